The number of likely N-dealkylation sites (tertiary alicyclic amines) is 1. The number of aromatic amines is 1. The Bertz CT molecular complexity index is 415. The third-order valence-electron chi connectivity index (χ3n) is 2.84. The highest BCUT2D eigenvalue weighted by molar-refractivity contribution is 5.93. The largest absolute Gasteiger partial charge is 0.480 e. The van der Waals surface area contributed by atoms with E-state index in [-0.39, 0.29) is 18.9 Å². The van der Waals surface area contributed by atoms with Crippen molar-refractivity contribution in [2.24, 2.45) is 5.73 Å². The average Bonchev–Trinajstić information content (AvgIpc) is 2.85. The van der Waals surface area contributed by atoms with E-state index in [1.165, 1.54) is 4.90 Å². The van der Waals surface area contributed by atoms with Gasteiger partial charge in [-0.2, -0.15) is 0 Å². The molecule has 0 bridgehead atoms. The zero-order valence-corrected chi connectivity index (χ0v) is 8.64. The van der Waals surface area contributed by atoms with Crippen molar-refractivity contribution < 1.29 is 14.7 Å². The van der Waals surface area contributed by atoms with Crippen LogP contribution in [-0.4, -0.2) is 45.5 Å². The number of H-pyrrole nitrogens is 1. The highest BCUT2D eigenvalue weighted by atomic mass is 16.4. The summed E-state index contributed by atoms with van der Waals surface area (Å²) >= 11 is 0. The van der Waals surface area contributed by atoms with Crippen LogP contribution in [0.3, 0.4) is 0 Å². The predicted octanol–water partition coefficient (Wildman–Crippen LogP) is -0.357. The summed E-state index contributed by atoms with van der Waals surface area (Å²) in [4.78, 5) is 27.0. The van der Waals surface area contributed by atoms with E-state index >= 15 is 0 Å². The number of hydrogen-bond donors (Lipinski definition) is 3. The van der Waals surface area contributed by atoms with Gasteiger partial charge in [-0.3, -0.25) is 9.59 Å². The summed E-state index contributed by atoms with van der Waals surface area (Å²) in [6.45, 7) is 0.431. The number of aliphatic carboxylic acids is 1. The van der Waals surface area contributed by atoms with E-state index in [4.69, 9.17) is 10.8 Å². The molecule has 0 spiro atoms. The number of carbonyl (C=O) groups excluding carboxylic acids is 1. The summed E-state index contributed by atoms with van der Waals surface area (Å²) in [5.41, 5.74) is 4.83. The van der Waals surface area contributed by atoms with Crippen molar-refractivity contribution in [2.75, 3.05) is 13.1 Å². The Kier molecular flexibility index (Phi) is 2.43. The quantitative estimate of drug-likeness (QED) is 0.637. The molecule has 1 fully saturated rings. The molecule has 1 aromatic heterocycles. The smallest absolute Gasteiger partial charge is 0.325 e. The van der Waals surface area contributed by atoms with Crippen LogP contribution in [0, 0.1) is 0 Å². The summed E-state index contributed by atoms with van der Waals surface area (Å²) in [7, 11) is 0. The number of hydrogen-bond acceptors (Lipinski definition) is 3. The fourth-order valence-electron chi connectivity index (χ4n) is 1.81. The fourth-order valence-corrected chi connectivity index (χ4v) is 1.81. The zero-order chi connectivity index (χ0) is 11.8. The van der Waals surface area contributed by atoms with Crippen molar-refractivity contribution in [3.05, 3.63) is 24.0 Å². The minimum absolute atomic E-state index is 0.0557. The monoisotopic (exact) mass is 223 g/mol. The average molecular weight is 223 g/mol. The normalized spacial score (nSPS) is 24.7. The number of carbonyl (C=O) groups is 2. The van der Waals surface area contributed by atoms with Crippen LogP contribution in [0.25, 0.3) is 0 Å². The molecule has 6 heteroatoms. The molecule has 1 aromatic rings. The van der Waals surface area contributed by atoms with Gasteiger partial charge in [0.05, 0.1) is 0 Å². The van der Waals surface area contributed by atoms with Gasteiger partial charge in [-0.05, 0) is 18.6 Å². The van der Waals surface area contributed by atoms with Crippen LogP contribution < -0.4 is 5.73 Å². The van der Waals surface area contributed by atoms with Gasteiger partial charge in [-0.25, -0.2) is 0 Å². The van der Waals surface area contributed by atoms with Crippen LogP contribution >= 0.6 is 0 Å². The first-order valence-electron chi connectivity index (χ1n) is 4.98. The van der Waals surface area contributed by atoms with E-state index < -0.39 is 11.5 Å². The maximum absolute atomic E-state index is 11.9. The SMILES string of the molecule is NC1(C(=O)O)CCN(C(=O)c2ccc[nH]2)C1. The first kappa shape index (κ1) is 10.7. The van der Waals surface area contributed by atoms with Crippen LogP contribution in [0.15, 0.2) is 18.3 Å². The maximum atomic E-state index is 11.9. The second-order valence-corrected chi connectivity index (χ2v) is 4.02. The van der Waals surface area contributed by atoms with Crippen LogP contribution in [0.2, 0.25) is 0 Å². The number of amides is 1. The number of carboxylic acid groups (broad SMARTS) is 1. The van der Waals surface area contributed by atoms with Gasteiger partial charge in [0.25, 0.3) is 5.91 Å². The molecule has 1 saturated heterocycles. The second-order valence-electron chi connectivity index (χ2n) is 4.02. The molecule has 0 aliphatic carbocycles. The molecule has 1 aliphatic rings. The van der Waals surface area contributed by atoms with Gasteiger partial charge in [0.2, 0.25) is 0 Å². The molecular weight excluding hydrogens is 210 g/mol. The third-order valence-corrected chi connectivity index (χ3v) is 2.84. The predicted molar refractivity (Wildman–Crippen MR) is 55.9 cm³/mol. The highest BCUT2D eigenvalue weighted by Gasteiger charge is 2.43. The van der Waals surface area contributed by atoms with Crippen molar-refractivity contribution in [1.82, 2.24) is 9.88 Å². The number of nitrogens with two attached hydrogens (primary N) is 1. The van der Waals surface area contributed by atoms with Gasteiger partial charge in [0.1, 0.15) is 11.2 Å². The molecule has 2 rings (SSSR count). The minimum atomic E-state index is -1.30. The number of nitrogens with zero attached hydrogens (tertiary/aromatic N) is 1. The van der Waals surface area contributed by atoms with Crippen molar-refractivity contribution in [3.8, 4) is 0 Å². The lowest BCUT2D eigenvalue weighted by atomic mass is 10.0. The summed E-state index contributed by atoms with van der Waals surface area (Å²) in [5.74, 6) is -1.27. The van der Waals surface area contributed by atoms with Gasteiger partial charge in [-0.1, -0.05) is 0 Å². The molecular formula is C10H13N3O3. The standard InChI is InChI=1S/C10H13N3O3/c11-10(9(15)16)3-5-13(6-10)8(14)7-2-1-4-12-7/h1-2,4,12H,3,5-6,11H2,(H,15,16). The Hall–Kier alpha value is -1.82. The molecule has 2 heterocycles. The zero-order valence-electron chi connectivity index (χ0n) is 8.64. The molecule has 1 atom stereocenters. The lowest BCUT2D eigenvalue weighted by Gasteiger charge is -2.19. The number of aromatic nitrogens is 1. The van der Waals surface area contributed by atoms with Crippen molar-refractivity contribution >= 4 is 11.9 Å². The molecule has 4 N–H and O–H groups in total. The van der Waals surface area contributed by atoms with Gasteiger partial charge in [-0.15, -0.1) is 0 Å². The number of rotatable bonds is 2. The van der Waals surface area contributed by atoms with Gasteiger partial charge >= 0.3 is 5.97 Å². The molecule has 1 unspecified atom stereocenters. The maximum Gasteiger partial charge on any atom is 0.325 e. The fraction of sp³-hybridized carbons (Fsp3) is 0.400. The molecule has 1 aliphatic heterocycles. The van der Waals surface area contributed by atoms with Gasteiger partial charge in [0, 0.05) is 19.3 Å². The van der Waals surface area contributed by atoms with Crippen molar-refractivity contribution in [2.45, 2.75) is 12.0 Å². The van der Waals surface area contributed by atoms with E-state index in [1.54, 1.807) is 18.3 Å². The van der Waals surface area contributed by atoms with E-state index in [9.17, 15) is 9.59 Å². The van der Waals surface area contributed by atoms with Crippen LogP contribution in [-0.2, 0) is 4.79 Å². The molecule has 6 nitrogen and oxygen atoms in total. The van der Waals surface area contributed by atoms with E-state index in [0.717, 1.165) is 0 Å². The first-order chi connectivity index (χ1) is 7.53. The van der Waals surface area contributed by atoms with Gasteiger partial charge < -0.3 is 20.7 Å². The van der Waals surface area contributed by atoms with Crippen molar-refractivity contribution in [1.29, 1.82) is 0 Å². The third kappa shape index (κ3) is 1.67. The molecule has 0 radical (unpaired) electrons. The molecule has 1 amide bonds. The summed E-state index contributed by atoms with van der Waals surface area (Å²) < 4.78 is 0. The summed E-state index contributed by atoms with van der Waals surface area (Å²) in [6, 6.07) is 3.37. The van der Waals surface area contributed by atoms with E-state index in [2.05, 4.69) is 4.98 Å². The molecule has 0 saturated carbocycles. The molecule has 16 heavy (non-hydrogen) atoms. The Morgan fingerprint density at radius 3 is 2.81 bits per heavy atom. The Morgan fingerprint density at radius 2 is 2.31 bits per heavy atom. The number of carboxylic acids is 1. The lowest BCUT2D eigenvalue weighted by molar-refractivity contribution is -0.142. The highest BCUT2D eigenvalue weighted by Crippen LogP contribution is 2.20. The summed E-state index contributed by atoms with van der Waals surface area (Å²) in [5, 5.41) is 8.93. The van der Waals surface area contributed by atoms with Gasteiger partial charge in [0.15, 0.2) is 0 Å². The Labute approximate surface area is 92.0 Å². The lowest BCUT2D eigenvalue weighted by Crippen LogP contribution is -2.50. The Balaban J connectivity index is 2.10. The minimum Gasteiger partial charge on any atom is -0.480 e. The second kappa shape index (κ2) is 3.64. The topological polar surface area (TPSA) is 99.4 Å². The van der Waals surface area contributed by atoms with E-state index in [0.29, 0.717) is 12.2 Å². The number of nitrogens with one attached hydrogen (secondary N) is 1. The Morgan fingerprint density at radius 1 is 1.56 bits per heavy atom. The van der Waals surface area contributed by atoms with Crippen LogP contribution in [0.1, 0.15) is 16.9 Å². The molecule has 0 aromatic carbocycles. The first-order valence-corrected chi connectivity index (χ1v) is 4.98. The molecule has 86 valence electrons. The van der Waals surface area contributed by atoms with E-state index in [1.807, 2.05) is 0 Å². The van der Waals surface area contributed by atoms with Crippen LogP contribution in [0.4, 0.5) is 0 Å². The summed E-state index contributed by atoms with van der Waals surface area (Å²) in [6.07, 6.45) is 1.94. The van der Waals surface area contributed by atoms with Crippen molar-refractivity contribution in [3.63, 3.8) is 0 Å². The van der Waals surface area contributed by atoms with Crippen LogP contribution in [0.5, 0.6) is 0 Å².